The van der Waals surface area contributed by atoms with E-state index in [1.54, 1.807) is 12.1 Å². The van der Waals surface area contributed by atoms with E-state index >= 15 is 0 Å². The maximum atomic E-state index is 12.4. The van der Waals surface area contributed by atoms with Crippen LogP contribution in [0.5, 0.6) is 23.1 Å². The number of amides is 2. The smallest absolute Gasteiger partial charge is 0.319 e. The number of nitro groups is 1. The molecule has 202 valence electrons. The van der Waals surface area contributed by atoms with Crippen molar-refractivity contribution in [2.24, 2.45) is 0 Å². The van der Waals surface area contributed by atoms with Crippen molar-refractivity contribution in [3.63, 3.8) is 0 Å². The fourth-order valence-electron chi connectivity index (χ4n) is 4.40. The minimum Gasteiger partial charge on any atom is -0.493 e. The number of methoxy groups -OCH3 is 2. The third-order valence-corrected chi connectivity index (χ3v) is 6.37. The summed E-state index contributed by atoms with van der Waals surface area (Å²) in [6.07, 6.45) is 6.96. The zero-order valence-corrected chi connectivity index (χ0v) is 21.6. The van der Waals surface area contributed by atoms with Crippen molar-refractivity contribution in [1.82, 2.24) is 20.2 Å². The molecule has 4 rings (SSSR count). The summed E-state index contributed by atoms with van der Waals surface area (Å²) in [5.74, 6) is 1.32. The van der Waals surface area contributed by atoms with Gasteiger partial charge in [-0.3, -0.25) is 10.1 Å². The number of urea groups is 1. The van der Waals surface area contributed by atoms with Crippen molar-refractivity contribution < 1.29 is 23.9 Å². The van der Waals surface area contributed by atoms with Gasteiger partial charge in [0.2, 0.25) is 5.88 Å². The van der Waals surface area contributed by atoms with E-state index in [2.05, 4.69) is 25.5 Å². The lowest BCUT2D eigenvalue weighted by molar-refractivity contribution is -0.384. The number of nitrogens with zero attached hydrogens (tertiary/aromatic N) is 4. The van der Waals surface area contributed by atoms with Gasteiger partial charge in [0.15, 0.2) is 11.5 Å². The number of fused-ring (bicyclic) bond motifs is 1. The summed E-state index contributed by atoms with van der Waals surface area (Å²) in [6.45, 7) is 3.81. The standard InChI is InChI=1S/C26H32N6O6/c1-36-23-15-19-21(16-24(23)37-2)28-17-29-25(19)38-18-8-9-20(22(14-18)32(34)35)30-26(33)27-10-4-7-13-31-11-5-3-6-12-31/h8-9,14-17H,3-7,10-13H2,1-2H3,(H2,27,30,33). The molecule has 0 saturated carbocycles. The predicted octanol–water partition coefficient (Wildman–Crippen LogP) is 4.74. The number of aromatic nitrogens is 2. The molecule has 12 nitrogen and oxygen atoms in total. The highest BCUT2D eigenvalue weighted by Crippen LogP contribution is 2.37. The summed E-state index contributed by atoms with van der Waals surface area (Å²) in [4.78, 5) is 34.4. The average Bonchev–Trinajstić information content (AvgIpc) is 2.93. The number of rotatable bonds is 11. The van der Waals surface area contributed by atoms with Crippen LogP contribution >= 0.6 is 0 Å². The summed E-state index contributed by atoms with van der Waals surface area (Å²) in [7, 11) is 3.03. The predicted molar refractivity (Wildman–Crippen MR) is 142 cm³/mol. The number of carbonyl (C=O) groups is 1. The Morgan fingerprint density at radius 1 is 1.05 bits per heavy atom. The minimum absolute atomic E-state index is 0.0621. The molecule has 2 N–H and O–H groups in total. The highest BCUT2D eigenvalue weighted by molar-refractivity contribution is 5.92. The number of unbranched alkanes of at least 4 members (excludes halogenated alkanes) is 1. The molecule has 38 heavy (non-hydrogen) atoms. The molecular weight excluding hydrogens is 492 g/mol. The number of piperidine rings is 1. The van der Waals surface area contributed by atoms with Gasteiger partial charge in [-0.05, 0) is 63.5 Å². The quantitative estimate of drug-likeness (QED) is 0.207. The topological polar surface area (TPSA) is 141 Å². The zero-order valence-electron chi connectivity index (χ0n) is 21.6. The fraction of sp³-hybridized carbons (Fsp3) is 0.423. The highest BCUT2D eigenvalue weighted by Gasteiger charge is 2.19. The van der Waals surface area contributed by atoms with E-state index in [0.29, 0.717) is 28.9 Å². The lowest BCUT2D eigenvalue weighted by Gasteiger charge is -2.26. The van der Waals surface area contributed by atoms with Crippen LogP contribution in [0, 0.1) is 10.1 Å². The average molecular weight is 525 g/mol. The number of hydrogen-bond donors (Lipinski definition) is 2. The molecule has 3 aromatic rings. The van der Waals surface area contributed by atoms with Gasteiger partial charge >= 0.3 is 6.03 Å². The SMILES string of the molecule is COc1cc2ncnc(Oc3ccc(NC(=O)NCCCCN4CCCCC4)c([N+](=O)[O-])c3)c2cc1OC. The number of likely N-dealkylation sites (tertiary alicyclic amines) is 1. The second kappa shape index (κ2) is 12.9. The first kappa shape index (κ1) is 26.9. The summed E-state index contributed by atoms with van der Waals surface area (Å²) in [5, 5.41) is 17.6. The first-order chi connectivity index (χ1) is 18.5. The van der Waals surface area contributed by atoms with Crippen LogP contribution in [0.25, 0.3) is 10.9 Å². The summed E-state index contributed by atoms with van der Waals surface area (Å²) < 4.78 is 16.5. The van der Waals surface area contributed by atoms with Gasteiger partial charge < -0.3 is 29.7 Å². The maximum Gasteiger partial charge on any atom is 0.319 e. The molecule has 12 heteroatoms. The Morgan fingerprint density at radius 2 is 1.82 bits per heavy atom. The van der Waals surface area contributed by atoms with Crippen LogP contribution in [-0.4, -0.2) is 66.2 Å². The molecule has 0 radical (unpaired) electrons. The number of hydrogen-bond acceptors (Lipinski definition) is 9. The molecule has 0 spiro atoms. The number of anilines is 1. The van der Waals surface area contributed by atoms with E-state index in [-0.39, 0.29) is 23.0 Å². The molecule has 0 unspecified atom stereocenters. The van der Waals surface area contributed by atoms with Gasteiger partial charge in [-0.15, -0.1) is 0 Å². The van der Waals surface area contributed by atoms with Crippen molar-refractivity contribution in [2.45, 2.75) is 32.1 Å². The van der Waals surface area contributed by atoms with Crippen molar-refractivity contribution >= 4 is 28.3 Å². The van der Waals surface area contributed by atoms with E-state index in [1.165, 1.54) is 58.0 Å². The third-order valence-electron chi connectivity index (χ3n) is 6.37. The van der Waals surface area contributed by atoms with E-state index < -0.39 is 11.0 Å². The number of nitrogens with one attached hydrogen (secondary N) is 2. The van der Waals surface area contributed by atoms with Gasteiger partial charge in [0.1, 0.15) is 17.8 Å². The molecule has 0 atom stereocenters. The molecule has 1 saturated heterocycles. The molecule has 1 aliphatic heterocycles. The van der Waals surface area contributed by atoms with Gasteiger partial charge in [-0.25, -0.2) is 14.8 Å². The molecule has 0 bridgehead atoms. The Labute approximate surface area is 220 Å². The third kappa shape index (κ3) is 6.76. The number of ether oxygens (including phenoxy) is 3. The Hall–Kier alpha value is -4.19. The molecule has 2 heterocycles. The van der Waals surface area contributed by atoms with E-state index in [4.69, 9.17) is 14.2 Å². The van der Waals surface area contributed by atoms with Gasteiger partial charge in [0.25, 0.3) is 5.69 Å². The lowest BCUT2D eigenvalue weighted by atomic mass is 10.1. The first-order valence-corrected chi connectivity index (χ1v) is 12.6. The van der Waals surface area contributed by atoms with Crippen molar-refractivity contribution in [1.29, 1.82) is 0 Å². The van der Waals surface area contributed by atoms with Crippen LogP contribution in [0.1, 0.15) is 32.1 Å². The molecule has 2 amide bonds. The summed E-state index contributed by atoms with van der Waals surface area (Å²) in [5.41, 5.74) is 0.306. The van der Waals surface area contributed by atoms with Crippen molar-refractivity contribution in [3.05, 3.63) is 46.8 Å². The van der Waals surface area contributed by atoms with Crippen molar-refractivity contribution in [3.8, 4) is 23.1 Å². The van der Waals surface area contributed by atoms with Crippen LogP contribution in [0.4, 0.5) is 16.2 Å². The Kier molecular flexibility index (Phi) is 9.09. The van der Waals surface area contributed by atoms with Crippen LogP contribution in [0.3, 0.4) is 0 Å². The lowest BCUT2D eigenvalue weighted by Crippen LogP contribution is -2.32. The number of carbonyl (C=O) groups excluding carboxylic acids is 1. The van der Waals surface area contributed by atoms with E-state index in [0.717, 1.165) is 32.5 Å². The van der Waals surface area contributed by atoms with E-state index in [1.807, 2.05) is 0 Å². The zero-order chi connectivity index (χ0) is 26.9. The number of benzene rings is 2. The van der Waals surface area contributed by atoms with Gasteiger partial charge in [-0.2, -0.15) is 0 Å². The van der Waals surface area contributed by atoms with E-state index in [9.17, 15) is 14.9 Å². The Morgan fingerprint density at radius 3 is 2.55 bits per heavy atom. The van der Waals surface area contributed by atoms with Gasteiger partial charge in [0.05, 0.1) is 36.1 Å². The first-order valence-electron chi connectivity index (χ1n) is 12.6. The fourth-order valence-corrected chi connectivity index (χ4v) is 4.40. The Balaban J connectivity index is 1.39. The van der Waals surface area contributed by atoms with Gasteiger partial charge in [-0.1, -0.05) is 6.42 Å². The van der Waals surface area contributed by atoms with Crippen LogP contribution < -0.4 is 24.8 Å². The second-order valence-electron chi connectivity index (χ2n) is 8.93. The minimum atomic E-state index is -0.576. The molecule has 0 aliphatic carbocycles. The number of nitro benzene ring substituents is 1. The monoisotopic (exact) mass is 524 g/mol. The van der Waals surface area contributed by atoms with Crippen LogP contribution in [0.15, 0.2) is 36.7 Å². The molecular formula is C26H32N6O6. The largest absolute Gasteiger partial charge is 0.493 e. The molecule has 1 fully saturated rings. The Bertz CT molecular complexity index is 1280. The second-order valence-corrected chi connectivity index (χ2v) is 8.93. The molecule has 1 aliphatic rings. The molecule has 2 aromatic carbocycles. The highest BCUT2D eigenvalue weighted by atomic mass is 16.6. The normalized spacial score (nSPS) is 13.6. The van der Waals surface area contributed by atoms with Crippen LogP contribution in [0.2, 0.25) is 0 Å². The summed E-state index contributed by atoms with van der Waals surface area (Å²) >= 11 is 0. The molecule has 1 aromatic heterocycles. The maximum absolute atomic E-state index is 12.4. The van der Waals surface area contributed by atoms with Crippen molar-refractivity contribution in [2.75, 3.05) is 45.7 Å². The van der Waals surface area contributed by atoms with Crippen LogP contribution in [-0.2, 0) is 0 Å². The van der Waals surface area contributed by atoms with Gasteiger partial charge in [0, 0.05) is 12.6 Å². The summed E-state index contributed by atoms with van der Waals surface area (Å²) in [6, 6.07) is 7.05.